The largest absolute Gasteiger partial charge is 0.493 e. The zero-order valence-corrected chi connectivity index (χ0v) is 11.2. The molecule has 0 radical (unpaired) electrons. The van der Waals surface area contributed by atoms with Crippen molar-refractivity contribution in [1.29, 1.82) is 0 Å². The lowest BCUT2D eigenvalue weighted by Gasteiger charge is -2.11. The maximum atomic E-state index is 6.01. The summed E-state index contributed by atoms with van der Waals surface area (Å²) >= 11 is 6.01. The summed E-state index contributed by atoms with van der Waals surface area (Å²) in [6, 6.07) is 5.36. The van der Waals surface area contributed by atoms with Crippen LogP contribution in [0.3, 0.4) is 0 Å². The molecule has 0 saturated carbocycles. The maximum absolute atomic E-state index is 6.01. The number of nitrogens with one attached hydrogen (secondary N) is 1. The molecule has 2 aromatic rings. The van der Waals surface area contributed by atoms with Gasteiger partial charge in [-0.1, -0.05) is 11.6 Å². The molecule has 19 heavy (non-hydrogen) atoms. The van der Waals surface area contributed by atoms with Gasteiger partial charge in [-0.2, -0.15) is 0 Å². The summed E-state index contributed by atoms with van der Waals surface area (Å²) in [5, 5.41) is 3.32. The van der Waals surface area contributed by atoms with Gasteiger partial charge in [0.15, 0.2) is 17.3 Å². The molecular weight excluding hydrogens is 268 g/mol. The molecule has 0 aliphatic rings. The molecule has 0 aliphatic heterocycles. The first-order valence-corrected chi connectivity index (χ1v) is 5.78. The van der Waals surface area contributed by atoms with E-state index in [1.807, 2.05) is 6.07 Å². The van der Waals surface area contributed by atoms with Crippen molar-refractivity contribution in [2.75, 3.05) is 25.3 Å². The van der Waals surface area contributed by atoms with Gasteiger partial charge in [-0.15, -0.1) is 0 Å². The van der Waals surface area contributed by atoms with Crippen LogP contribution in [0.5, 0.6) is 11.5 Å². The molecule has 0 amide bonds. The van der Waals surface area contributed by atoms with Gasteiger partial charge in [-0.25, -0.2) is 9.97 Å². The van der Waals surface area contributed by atoms with Crippen LogP contribution in [0.15, 0.2) is 24.5 Å². The van der Waals surface area contributed by atoms with Gasteiger partial charge in [0.1, 0.15) is 17.2 Å². The second-order valence-electron chi connectivity index (χ2n) is 3.62. The number of nitrogens with zero attached hydrogens (tertiary/aromatic N) is 2. The lowest BCUT2D eigenvalue weighted by molar-refractivity contribution is 0.355. The second-order valence-corrected chi connectivity index (χ2v) is 3.99. The van der Waals surface area contributed by atoms with Crippen molar-refractivity contribution < 1.29 is 9.47 Å². The third-order valence-corrected chi connectivity index (χ3v) is 2.84. The first-order chi connectivity index (χ1) is 9.15. The van der Waals surface area contributed by atoms with Crippen molar-refractivity contribution >= 4 is 28.9 Å². The number of halogens is 1. The highest BCUT2D eigenvalue weighted by molar-refractivity contribution is 6.35. The fourth-order valence-electron chi connectivity index (χ4n) is 1.52. The number of aromatic nitrogens is 2. The smallest absolute Gasteiger partial charge is 0.162 e. The number of nitrogens with two attached hydrogens (primary N) is 1. The Labute approximate surface area is 115 Å². The Hall–Kier alpha value is -2.21. The van der Waals surface area contributed by atoms with Crippen molar-refractivity contribution in [3.05, 3.63) is 29.5 Å². The predicted molar refractivity (Wildman–Crippen MR) is 74.3 cm³/mol. The van der Waals surface area contributed by atoms with E-state index in [-0.39, 0.29) is 10.8 Å². The number of rotatable bonds is 4. The fourth-order valence-corrected chi connectivity index (χ4v) is 1.67. The van der Waals surface area contributed by atoms with Gasteiger partial charge in [-0.3, -0.25) is 0 Å². The Kier molecular flexibility index (Phi) is 3.91. The molecule has 2 rings (SSSR count). The zero-order valence-electron chi connectivity index (χ0n) is 10.5. The van der Waals surface area contributed by atoms with Crippen LogP contribution >= 0.6 is 11.6 Å². The van der Waals surface area contributed by atoms with E-state index in [9.17, 15) is 0 Å². The first-order valence-electron chi connectivity index (χ1n) is 5.40. The van der Waals surface area contributed by atoms with Gasteiger partial charge in [0.2, 0.25) is 0 Å². The Balaban J connectivity index is 2.31. The molecule has 0 saturated heterocycles. The minimum atomic E-state index is 0.222. The number of ether oxygens (including phenoxy) is 2. The van der Waals surface area contributed by atoms with E-state index in [0.29, 0.717) is 17.3 Å². The van der Waals surface area contributed by atoms with Crippen LogP contribution in [0, 0.1) is 0 Å². The Bertz CT molecular complexity index is 592. The molecule has 6 nitrogen and oxygen atoms in total. The highest BCUT2D eigenvalue weighted by atomic mass is 35.5. The third kappa shape index (κ3) is 2.79. The summed E-state index contributed by atoms with van der Waals surface area (Å²) in [5.41, 5.74) is 6.36. The van der Waals surface area contributed by atoms with Crippen LogP contribution in [0.25, 0.3) is 0 Å². The Morgan fingerprint density at radius 3 is 2.58 bits per heavy atom. The quantitative estimate of drug-likeness (QED) is 0.895. The summed E-state index contributed by atoms with van der Waals surface area (Å²) in [6.45, 7) is 0. The van der Waals surface area contributed by atoms with Crippen molar-refractivity contribution in [2.24, 2.45) is 0 Å². The molecule has 0 fully saturated rings. The molecular formula is C12H13ClN4O2. The van der Waals surface area contributed by atoms with Gasteiger partial charge in [-0.05, 0) is 12.1 Å². The van der Waals surface area contributed by atoms with Crippen molar-refractivity contribution in [3.63, 3.8) is 0 Å². The standard InChI is InChI=1S/C12H13ClN4O2/c1-18-8-4-3-7(5-9(8)19-2)17-12-10(13)11(14)15-6-16-12/h3-6H,1-2H3,(H3,14,15,16,17). The highest BCUT2D eigenvalue weighted by Crippen LogP contribution is 2.32. The van der Waals surface area contributed by atoms with Gasteiger partial charge >= 0.3 is 0 Å². The van der Waals surface area contributed by atoms with Crippen molar-refractivity contribution in [3.8, 4) is 11.5 Å². The average molecular weight is 281 g/mol. The lowest BCUT2D eigenvalue weighted by atomic mass is 10.2. The number of hydrogen-bond donors (Lipinski definition) is 2. The highest BCUT2D eigenvalue weighted by Gasteiger charge is 2.09. The summed E-state index contributed by atoms with van der Waals surface area (Å²) in [6.07, 6.45) is 1.34. The van der Waals surface area contributed by atoms with E-state index in [4.69, 9.17) is 26.8 Å². The van der Waals surface area contributed by atoms with E-state index in [2.05, 4.69) is 15.3 Å². The van der Waals surface area contributed by atoms with Gasteiger partial charge in [0, 0.05) is 11.8 Å². The number of benzene rings is 1. The molecule has 0 bridgehead atoms. The number of methoxy groups -OCH3 is 2. The normalized spacial score (nSPS) is 10.1. The van der Waals surface area contributed by atoms with Gasteiger partial charge in [0.05, 0.1) is 14.2 Å². The predicted octanol–water partition coefficient (Wildman–Crippen LogP) is 2.47. The van der Waals surface area contributed by atoms with Crippen LogP contribution in [0.1, 0.15) is 0 Å². The van der Waals surface area contributed by atoms with Crippen molar-refractivity contribution in [1.82, 2.24) is 9.97 Å². The molecule has 0 atom stereocenters. The molecule has 100 valence electrons. The third-order valence-electron chi connectivity index (χ3n) is 2.46. The molecule has 0 unspecified atom stereocenters. The van der Waals surface area contributed by atoms with Crippen molar-refractivity contribution in [2.45, 2.75) is 0 Å². The summed E-state index contributed by atoms with van der Waals surface area (Å²) in [4.78, 5) is 7.82. The Morgan fingerprint density at radius 1 is 1.16 bits per heavy atom. The molecule has 1 aromatic heterocycles. The minimum Gasteiger partial charge on any atom is -0.493 e. The summed E-state index contributed by atoms with van der Waals surface area (Å²) < 4.78 is 10.4. The van der Waals surface area contributed by atoms with Crippen LogP contribution in [0.4, 0.5) is 17.3 Å². The molecule has 0 spiro atoms. The molecule has 3 N–H and O–H groups in total. The zero-order chi connectivity index (χ0) is 13.8. The SMILES string of the molecule is COc1ccc(Nc2ncnc(N)c2Cl)cc1OC. The molecule has 7 heteroatoms. The van der Waals surface area contributed by atoms with Gasteiger partial charge < -0.3 is 20.5 Å². The number of hydrogen-bond acceptors (Lipinski definition) is 6. The summed E-state index contributed by atoms with van der Waals surface area (Å²) in [7, 11) is 3.14. The van der Waals surface area contributed by atoms with Crippen LogP contribution < -0.4 is 20.5 Å². The monoisotopic (exact) mass is 280 g/mol. The number of nitrogen functional groups attached to an aromatic ring is 1. The fraction of sp³-hybridized carbons (Fsp3) is 0.167. The molecule has 1 aromatic carbocycles. The van der Waals surface area contributed by atoms with E-state index in [1.165, 1.54) is 6.33 Å². The Morgan fingerprint density at radius 2 is 1.89 bits per heavy atom. The molecule has 0 aliphatic carbocycles. The molecule has 1 heterocycles. The number of anilines is 3. The van der Waals surface area contributed by atoms with Crippen LogP contribution in [-0.4, -0.2) is 24.2 Å². The average Bonchev–Trinajstić information content (AvgIpc) is 2.43. The van der Waals surface area contributed by atoms with E-state index < -0.39 is 0 Å². The van der Waals surface area contributed by atoms with E-state index >= 15 is 0 Å². The van der Waals surface area contributed by atoms with Crippen LogP contribution in [-0.2, 0) is 0 Å². The summed E-state index contributed by atoms with van der Waals surface area (Å²) in [5.74, 6) is 1.90. The van der Waals surface area contributed by atoms with Gasteiger partial charge in [0.25, 0.3) is 0 Å². The minimum absolute atomic E-state index is 0.222. The maximum Gasteiger partial charge on any atom is 0.162 e. The van der Waals surface area contributed by atoms with E-state index in [1.54, 1.807) is 26.4 Å². The first kappa shape index (κ1) is 13.2. The lowest BCUT2D eigenvalue weighted by Crippen LogP contribution is -2.00. The topological polar surface area (TPSA) is 82.3 Å². The van der Waals surface area contributed by atoms with Crippen LogP contribution in [0.2, 0.25) is 5.02 Å². The second kappa shape index (κ2) is 5.62. The van der Waals surface area contributed by atoms with E-state index in [0.717, 1.165) is 5.69 Å².